The van der Waals surface area contributed by atoms with Crippen LogP contribution in [0.1, 0.15) is 18.5 Å². The number of hydrogen-bond donors (Lipinski definition) is 2. The van der Waals surface area contributed by atoms with E-state index < -0.39 is 6.61 Å². The lowest BCUT2D eigenvalue weighted by molar-refractivity contribution is -0.115. The van der Waals surface area contributed by atoms with Gasteiger partial charge in [0.05, 0.1) is 6.54 Å². The molecule has 0 aromatic heterocycles. The summed E-state index contributed by atoms with van der Waals surface area (Å²) >= 11 is 5.94. The highest BCUT2D eigenvalue weighted by Crippen LogP contribution is 2.18. The molecular weight excluding hydrogens is 338 g/mol. The SMILES string of the molecule is C[C@@H](NCC(=O)Nc1ccc(OC(F)F)cc1)c1cccc(Cl)c1. The molecule has 7 heteroatoms. The molecule has 0 fully saturated rings. The number of halogens is 3. The maximum absolute atomic E-state index is 12.1. The molecule has 0 spiro atoms. The minimum Gasteiger partial charge on any atom is -0.435 e. The average molecular weight is 355 g/mol. The first-order valence-electron chi connectivity index (χ1n) is 7.27. The van der Waals surface area contributed by atoms with E-state index in [0.29, 0.717) is 10.7 Å². The van der Waals surface area contributed by atoms with Crippen molar-refractivity contribution in [2.45, 2.75) is 19.6 Å². The van der Waals surface area contributed by atoms with Crippen LogP contribution in [0.3, 0.4) is 0 Å². The summed E-state index contributed by atoms with van der Waals surface area (Å²) in [6.07, 6.45) is 0. The molecule has 2 aromatic carbocycles. The summed E-state index contributed by atoms with van der Waals surface area (Å²) in [6.45, 7) is -0.846. The van der Waals surface area contributed by atoms with Gasteiger partial charge in [-0.25, -0.2) is 0 Å². The third-order valence-corrected chi connectivity index (χ3v) is 3.52. The number of ether oxygens (including phenoxy) is 1. The summed E-state index contributed by atoms with van der Waals surface area (Å²) in [6, 6.07) is 13.1. The molecule has 2 rings (SSSR count). The number of rotatable bonds is 7. The van der Waals surface area contributed by atoms with Gasteiger partial charge in [-0.2, -0.15) is 8.78 Å². The molecule has 128 valence electrons. The minimum atomic E-state index is -2.87. The van der Waals surface area contributed by atoms with Gasteiger partial charge in [0.1, 0.15) is 5.75 Å². The molecule has 0 saturated carbocycles. The zero-order valence-corrected chi connectivity index (χ0v) is 13.7. The van der Waals surface area contributed by atoms with Gasteiger partial charge in [-0.1, -0.05) is 23.7 Å². The van der Waals surface area contributed by atoms with E-state index in [4.69, 9.17) is 11.6 Å². The van der Waals surface area contributed by atoms with Gasteiger partial charge in [-0.15, -0.1) is 0 Å². The molecule has 0 aliphatic heterocycles. The van der Waals surface area contributed by atoms with Crippen LogP contribution in [0.25, 0.3) is 0 Å². The number of carbonyl (C=O) groups excluding carboxylic acids is 1. The number of nitrogens with one attached hydrogen (secondary N) is 2. The summed E-state index contributed by atoms with van der Waals surface area (Å²) in [4.78, 5) is 11.9. The Morgan fingerprint density at radius 1 is 1.21 bits per heavy atom. The third kappa shape index (κ3) is 5.79. The van der Waals surface area contributed by atoms with Gasteiger partial charge < -0.3 is 15.4 Å². The van der Waals surface area contributed by atoms with E-state index >= 15 is 0 Å². The van der Waals surface area contributed by atoms with E-state index in [1.165, 1.54) is 24.3 Å². The minimum absolute atomic E-state index is 0.0377. The molecule has 0 unspecified atom stereocenters. The quantitative estimate of drug-likeness (QED) is 0.782. The van der Waals surface area contributed by atoms with Crippen molar-refractivity contribution in [2.24, 2.45) is 0 Å². The fourth-order valence-corrected chi connectivity index (χ4v) is 2.26. The van der Waals surface area contributed by atoms with Crippen LogP contribution in [0.15, 0.2) is 48.5 Å². The summed E-state index contributed by atoms with van der Waals surface area (Å²) in [7, 11) is 0. The number of alkyl halides is 2. The van der Waals surface area contributed by atoms with Crippen LogP contribution in [-0.4, -0.2) is 19.1 Å². The summed E-state index contributed by atoms with van der Waals surface area (Å²) in [5.41, 5.74) is 1.47. The number of amides is 1. The molecule has 0 heterocycles. The van der Waals surface area contributed by atoms with Crippen molar-refractivity contribution in [2.75, 3.05) is 11.9 Å². The Bertz CT molecular complexity index is 681. The van der Waals surface area contributed by atoms with E-state index in [9.17, 15) is 13.6 Å². The molecule has 0 bridgehead atoms. The second-order valence-electron chi connectivity index (χ2n) is 5.11. The first-order chi connectivity index (χ1) is 11.4. The molecular formula is C17H17ClF2N2O2. The summed E-state index contributed by atoms with van der Waals surface area (Å²) in [5, 5.41) is 6.40. The number of anilines is 1. The standard InChI is InChI=1S/C17H17ClF2N2O2/c1-11(12-3-2-4-13(18)9-12)21-10-16(23)22-14-5-7-15(8-6-14)24-17(19)20/h2-9,11,17,21H,10H2,1H3,(H,22,23)/t11-/m1/s1. The Labute approximate surface area is 143 Å². The molecule has 0 saturated heterocycles. The maximum atomic E-state index is 12.1. The van der Waals surface area contributed by atoms with E-state index in [-0.39, 0.29) is 24.2 Å². The zero-order chi connectivity index (χ0) is 17.5. The monoisotopic (exact) mass is 354 g/mol. The highest BCUT2D eigenvalue weighted by Gasteiger charge is 2.09. The second-order valence-corrected chi connectivity index (χ2v) is 5.55. The molecule has 1 atom stereocenters. The molecule has 2 N–H and O–H groups in total. The topological polar surface area (TPSA) is 50.4 Å². The van der Waals surface area contributed by atoms with Crippen LogP contribution in [0.4, 0.5) is 14.5 Å². The average Bonchev–Trinajstić information content (AvgIpc) is 2.54. The summed E-state index contributed by atoms with van der Waals surface area (Å²) in [5.74, 6) is -0.206. The Hall–Kier alpha value is -2.18. The van der Waals surface area contributed by atoms with Crippen LogP contribution in [0, 0.1) is 0 Å². The molecule has 0 radical (unpaired) electrons. The predicted molar refractivity (Wildman–Crippen MR) is 89.6 cm³/mol. The first kappa shape index (κ1) is 18.2. The van der Waals surface area contributed by atoms with Crippen LogP contribution < -0.4 is 15.4 Å². The fourth-order valence-electron chi connectivity index (χ4n) is 2.06. The Kier molecular flexibility index (Phi) is 6.52. The lowest BCUT2D eigenvalue weighted by Crippen LogP contribution is -2.30. The molecule has 0 aliphatic carbocycles. The van der Waals surface area contributed by atoms with E-state index in [1.807, 2.05) is 25.1 Å². The lowest BCUT2D eigenvalue weighted by Gasteiger charge is -2.14. The highest BCUT2D eigenvalue weighted by atomic mass is 35.5. The molecule has 0 aliphatic rings. The Balaban J connectivity index is 1.82. The Morgan fingerprint density at radius 3 is 2.54 bits per heavy atom. The van der Waals surface area contributed by atoms with Gasteiger partial charge in [0.2, 0.25) is 5.91 Å². The van der Waals surface area contributed by atoms with Crippen molar-refractivity contribution in [3.63, 3.8) is 0 Å². The highest BCUT2D eigenvalue weighted by molar-refractivity contribution is 6.30. The van der Waals surface area contributed by atoms with E-state index in [2.05, 4.69) is 15.4 Å². The number of hydrogen-bond acceptors (Lipinski definition) is 3. The van der Waals surface area contributed by atoms with Crippen molar-refractivity contribution in [3.05, 3.63) is 59.1 Å². The van der Waals surface area contributed by atoms with Gasteiger partial charge in [-0.3, -0.25) is 4.79 Å². The van der Waals surface area contributed by atoms with Gasteiger partial charge >= 0.3 is 6.61 Å². The summed E-state index contributed by atoms with van der Waals surface area (Å²) < 4.78 is 28.4. The zero-order valence-electron chi connectivity index (χ0n) is 12.9. The molecule has 24 heavy (non-hydrogen) atoms. The third-order valence-electron chi connectivity index (χ3n) is 3.28. The van der Waals surface area contributed by atoms with Crippen molar-refractivity contribution >= 4 is 23.2 Å². The molecule has 1 amide bonds. The van der Waals surface area contributed by atoms with E-state index in [1.54, 1.807) is 6.07 Å². The van der Waals surface area contributed by atoms with Gasteiger partial charge in [0.15, 0.2) is 0 Å². The molecule has 2 aromatic rings. The molecule has 4 nitrogen and oxygen atoms in total. The van der Waals surface area contributed by atoms with Crippen LogP contribution in [-0.2, 0) is 4.79 Å². The largest absolute Gasteiger partial charge is 0.435 e. The first-order valence-corrected chi connectivity index (χ1v) is 7.65. The van der Waals surface area contributed by atoms with Gasteiger partial charge in [0.25, 0.3) is 0 Å². The normalized spacial score (nSPS) is 12.0. The van der Waals surface area contributed by atoms with Crippen molar-refractivity contribution < 1.29 is 18.3 Å². The van der Waals surface area contributed by atoms with Crippen LogP contribution >= 0.6 is 11.6 Å². The smallest absolute Gasteiger partial charge is 0.387 e. The number of carbonyl (C=O) groups is 1. The van der Waals surface area contributed by atoms with E-state index in [0.717, 1.165) is 5.56 Å². The maximum Gasteiger partial charge on any atom is 0.387 e. The van der Waals surface area contributed by atoms with Gasteiger partial charge in [0, 0.05) is 16.8 Å². The second kappa shape index (κ2) is 8.61. The number of benzene rings is 2. The fraction of sp³-hybridized carbons (Fsp3) is 0.235. The van der Waals surface area contributed by atoms with Crippen molar-refractivity contribution in [1.29, 1.82) is 0 Å². The van der Waals surface area contributed by atoms with Gasteiger partial charge in [-0.05, 0) is 48.9 Å². The predicted octanol–water partition coefficient (Wildman–Crippen LogP) is 4.23. The lowest BCUT2D eigenvalue weighted by atomic mass is 10.1. The van der Waals surface area contributed by atoms with Crippen LogP contribution in [0.5, 0.6) is 5.75 Å². The van der Waals surface area contributed by atoms with Crippen LogP contribution in [0.2, 0.25) is 5.02 Å². The van der Waals surface area contributed by atoms with Crippen molar-refractivity contribution in [3.8, 4) is 5.75 Å². The Morgan fingerprint density at radius 2 is 1.92 bits per heavy atom. The van der Waals surface area contributed by atoms with Crippen molar-refractivity contribution in [1.82, 2.24) is 5.32 Å².